The number of hydrogen-bond donors (Lipinski definition) is 0. The van der Waals surface area contributed by atoms with E-state index in [1.54, 1.807) is 6.92 Å². The number of nitrogens with zero attached hydrogens (tertiary/aromatic N) is 1. The average Bonchev–Trinajstić information content (AvgIpc) is 3.23. The Morgan fingerprint density at radius 3 is 2.24 bits per heavy atom. The summed E-state index contributed by atoms with van der Waals surface area (Å²) in [6.07, 6.45) is 5.49. The minimum atomic E-state index is -0.364. The number of terminal acetylenes is 1. The SMILES string of the molecule is C#Cc1c(C)c(=O)oc2cc(N(CC)CC)ccc12.c1cc2cc-2c1. The molecule has 0 radical (unpaired) electrons. The third-order valence-electron chi connectivity index (χ3n) is 4.50. The molecule has 3 nitrogen and oxygen atoms in total. The van der Waals surface area contributed by atoms with Gasteiger partial charge in [0, 0.05) is 35.8 Å². The predicted molar refractivity (Wildman–Crippen MR) is 104 cm³/mol. The zero-order valence-corrected chi connectivity index (χ0v) is 14.8. The van der Waals surface area contributed by atoms with Crippen LogP contribution in [0.2, 0.25) is 0 Å². The zero-order valence-electron chi connectivity index (χ0n) is 14.8. The van der Waals surface area contributed by atoms with Crippen molar-refractivity contribution in [2.75, 3.05) is 18.0 Å². The first-order valence-electron chi connectivity index (χ1n) is 8.48. The standard InChI is InChI=1S/C16H17NO2.C6H4/c1-5-13-11(4)16(18)19-15-10-12(8-9-14(13)15)17(6-2)7-3;1-2-5-4-6(5)3-1/h1,8-10H,6-7H2,2-4H3;1-4H. The van der Waals surface area contributed by atoms with Crippen molar-refractivity contribution in [2.45, 2.75) is 20.8 Å². The van der Waals surface area contributed by atoms with Gasteiger partial charge in [-0.2, -0.15) is 0 Å². The Hall–Kier alpha value is -2.99. The van der Waals surface area contributed by atoms with Gasteiger partial charge in [-0.1, -0.05) is 24.1 Å². The van der Waals surface area contributed by atoms with Crippen molar-refractivity contribution in [3.05, 3.63) is 64.0 Å². The largest absolute Gasteiger partial charge is 0.422 e. The van der Waals surface area contributed by atoms with Crippen molar-refractivity contribution in [2.24, 2.45) is 0 Å². The zero-order chi connectivity index (χ0) is 18.0. The van der Waals surface area contributed by atoms with Crippen LogP contribution < -0.4 is 10.5 Å². The molecule has 0 amide bonds. The Kier molecular flexibility index (Phi) is 4.63. The molecule has 1 heterocycles. The molecule has 1 aromatic heterocycles. The number of rotatable bonds is 3. The van der Waals surface area contributed by atoms with Crippen molar-refractivity contribution in [1.29, 1.82) is 0 Å². The van der Waals surface area contributed by atoms with E-state index in [0.717, 1.165) is 24.2 Å². The first kappa shape index (κ1) is 16.9. The summed E-state index contributed by atoms with van der Waals surface area (Å²) in [6, 6.07) is 14.3. The molecule has 3 heteroatoms. The Morgan fingerprint density at radius 1 is 1.08 bits per heavy atom. The molecular formula is C22H21NO2. The highest BCUT2D eigenvalue weighted by Gasteiger charge is 2.11. The maximum absolute atomic E-state index is 11.8. The van der Waals surface area contributed by atoms with Gasteiger partial charge in [0.2, 0.25) is 0 Å². The molecule has 4 rings (SSSR count). The first-order chi connectivity index (χ1) is 12.1. The fourth-order valence-electron chi connectivity index (χ4n) is 2.93. The lowest BCUT2D eigenvalue weighted by Crippen LogP contribution is -2.21. The van der Waals surface area contributed by atoms with Crippen LogP contribution in [0.1, 0.15) is 25.0 Å². The van der Waals surface area contributed by atoms with Gasteiger partial charge in [-0.25, -0.2) is 4.79 Å². The third-order valence-corrected chi connectivity index (χ3v) is 4.50. The van der Waals surface area contributed by atoms with E-state index >= 15 is 0 Å². The third kappa shape index (κ3) is 3.29. The fraction of sp³-hybridized carbons (Fsp3) is 0.227. The molecule has 2 aliphatic rings. The molecule has 2 aliphatic carbocycles. The van der Waals surface area contributed by atoms with Gasteiger partial charge >= 0.3 is 5.63 Å². The van der Waals surface area contributed by atoms with E-state index < -0.39 is 0 Å². The number of hydrogen-bond acceptors (Lipinski definition) is 3. The summed E-state index contributed by atoms with van der Waals surface area (Å²) in [5.74, 6) is 2.58. The summed E-state index contributed by atoms with van der Waals surface area (Å²) in [4.78, 5) is 13.9. The van der Waals surface area contributed by atoms with Gasteiger partial charge in [-0.3, -0.25) is 0 Å². The Morgan fingerprint density at radius 2 is 1.76 bits per heavy atom. The molecule has 25 heavy (non-hydrogen) atoms. The summed E-state index contributed by atoms with van der Waals surface area (Å²) in [5.41, 5.74) is 5.19. The molecule has 0 saturated carbocycles. The van der Waals surface area contributed by atoms with Crippen molar-refractivity contribution < 1.29 is 4.42 Å². The highest BCUT2D eigenvalue weighted by Crippen LogP contribution is 2.32. The quantitative estimate of drug-likeness (QED) is 0.406. The van der Waals surface area contributed by atoms with Gasteiger partial charge < -0.3 is 9.32 Å². The van der Waals surface area contributed by atoms with Crippen molar-refractivity contribution in [3.63, 3.8) is 0 Å². The molecule has 0 N–H and O–H groups in total. The van der Waals surface area contributed by atoms with Crippen molar-refractivity contribution in [3.8, 4) is 23.5 Å². The Labute approximate surface area is 147 Å². The minimum absolute atomic E-state index is 0.364. The van der Waals surface area contributed by atoms with Gasteiger partial charge in [0.1, 0.15) is 5.58 Å². The Balaban J connectivity index is 0.000000250. The van der Waals surface area contributed by atoms with E-state index in [1.165, 1.54) is 11.1 Å². The van der Waals surface area contributed by atoms with Crippen LogP contribution in [0.5, 0.6) is 0 Å². The number of fused-ring (bicyclic) bond motifs is 2. The first-order valence-corrected chi connectivity index (χ1v) is 8.48. The summed E-state index contributed by atoms with van der Waals surface area (Å²) in [6.45, 7) is 7.68. The lowest BCUT2D eigenvalue weighted by Gasteiger charge is -2.21. The van der Waals surface area contributed by atoms with Crippen LogP contribution >= 0.6 is 0 Å². The van der Waals surface area contributed by atoms with E-state index in [-0.39, 0.29) is 5.63 Å². The molecule has 126 valence electrons. The van der Waals surface area contributed by atoms with Crippen LogP contribution in [0.4, 0.5) is 5.69 Å². The van der Waals surface area contributed by atoms with Gasteiger partial charge in [-0.15, -0.1) is 6.42 Å². The molecule has 0 bridgehead atoms. The van der Waals surface area contributed by atoms with Crippen LogP contribution in [0.15, 0.2) is 51.7 Å². The molecule has 2 aromatic rings. The van der Waals surface area contributed by atoms with Gasteiger partial charge in [0.25, 0.3) is 0 Å². The van der Waals surface area contributed by atoms with Gasteiger partial charge in [0.05, 0.1) is 5.56 Å². The lowest BCUT2D eigenvalue weighted by molar-refractivity contribution is 0.554. The molecule has 0 saturated heterocycles. The van der Waals surface area contributed by atoms with E-state index in [4.69, 9.17) is 10.8 Å². The Bertz CT molecular complexity index is 1000. The minimum Gasteiger partial charge on any atom is -0.422 e. The average molecular weight is 331 g/mol. The van der Waals surface area contributed by atoms with Crippen LogP contribution in [-0.4, -0.2) is 13.1 Å². The summed E-state index contributed by atoms with van der Waals surface area (Å²) in [7, 11) is 0. The molecule has 0 aliphatic heterocycles. The summed E-state index contributed by atoms with van der Waals surface area (Å²) < 4.78 is 5.34. The molecule has 0 spiro atoms. The second-order valence-corrected chi connectivity index (χ2v) is 5.97. The van der Waals surface area contributed by atoms with E-state index in [0.29, 0.717) is 16.7 Å². The monoisotopic (exact) mass is 331 g/mol. The summed E-state index contributed by atoms with van der Waals surface area (Å²) >= 11 is 0. The number of benzene rings is 2. The van der Waals surface area contributed by atoms with Crippen LogP contribution in [0.25, 0.3) is 22.1 Å². The van der Waals surface area contributed by atoms with Gasteiger partial charge in [-0.05, 0) is 50.1 Å². The number of anilines is 1. The molecule has 0 fully saturated rings. The second-order valence-electron chi connectivity index (χ2n) is 5.97. The fourth-order valence-corrected chi connectivity index (χ4v) is 2.93. The smallest absolute Gasteiger partial charge is 0.340 e. The summed E-state index contributed by atoms with van der Waals surface area (Å²) in [5, 5.41) is 0.815. The normalized spacial score (nSPS) is 10.6. The van der Waals surface area contributed by atoms with Crippen LogP contribution in [0.3, 0.4) is 0 Å². The topological polar surface area (TPSA) is 33.5 Å². The lowest BCUT2D eigenvalue weighted by atomic mass is 10.1. The van der Waals surface area contributed by atoms with Crippen LogP contribution in [-0.2, 0) is 0 Å². The van der Waals surface area contributed by atoms with E-state index in [9.17, 15) is 4.79 Å². The van der Waals surface area contributed by atoms with E-state index in [1.807, 2.05) is 18.2 Å². The van der Waals surface area contributed by atoms with Crippen LogP contribution in [0, 0.1) is 19.3 Å². The van der Waals surface area contributed by atoms with E-state index in [2.05, 4.69) is 48.9 Å². The maximum atomic E-state index is 11.8. The predicted octanol–water partition coefficient (Wildman–Crippen LogP) is 4.60. The second kappa shape index (κ2) is 6.86. The maximum Gasteiger partial charge on any atom is 0.340 e. The van der Waals surface area contributed by atoms with Gasteiger partial charge in [0.15, 0.2) is 0 Å². The molecule has 0 atom stereocenters. The highest BCUT2D eigenvalue weighted by molar-refractivity contribution is 5.87. The highest BCUT2D eigenvalue weighted by atomic mass is 16.4. The van der Waals surface area contributed by atoms with Crippen molar-refractivity contribution in [1.82, 2.24) is 0 Å². The molecule has 0 unspecified atom stereocenters. The van der Waals surface area contributed by atoms with Crippen molar-refractivity contribution >= 4 is 16.7 Å². The molecule has 1 aromatic carbocycles. The molecular weight excluding hydrogens is 310 g/mol.